The van der Waals surface area contributed by atoms with Gasteiger partial charge in [-0.25, -0.2) is 4.79 Å². The SMILES string of the molecule is CC(C)(CC(N)=O)NCC1CCCN1C(=O)OC(C)(C)C. The maximum Gasteiger partial charge on any atom is 0.410 e. The molecule has 0 saturated carbocycles. The minimum Gasteiger partial charge on any atom is -0.444 e. The molecule has 1 heterocycles. The molecule has 0 aliphatic carbocycles. The first kappa shape index (κ1) is 17.8. The van der Waals surface area contributed by atoms with Gasteiger partial charge >= 0.3 is 6.09 Å². The Hall–Kier alpha value is -1.30. The van der Waals surface area contributed by atoms with Crippen LogP contribution in [0.2, 0.25) is 0 Å². The number of carbonyl (C=O) groups excluding carboxylic acids is 2. The van der Waals surface area contributed by atoms with Gasteiger partial charge in [-0.15, -0.1) is 0 Å². The van der Waals surface area contributed by atoms with Crippen molar-refractivity contribution in [2.75, 3.05) is 13.1 Å². The summed E-state index contributed by atoms with van der Waals surface area (Å²) in [7, 11) is 0. The lowest BCUT2D eigenvalue weighted by atomic mass is 9.99. The number of carbonyl (C=O) groups is 2. The third kappa shape index (κ3) is 6.33. The molecule has 0 aromatic heterocycles. The van der Waals surface area contributed by atoms with Gasteiger partial charge < -0.3 is 20.7 Å². The third-order valence-corrected chi connectivity index (χ3v) is 3.44. The fourth-order valence-electron chi connectivity index (χ4n) is 2.50. The van der Waals surface area contributed by atoms with Crippen LogP contribution >= 0.6 is 0 Å². The zero-order valence-corrected chi connectivity index (χ0v) is 13.9. The van der Waals surface area contributed by atoms with E-state index in [1.54, 1.807) is 4.90 Å². The van der Waals surface area contributed by atoms with Gasteiger partial charge in [0, 0.05) is 31.1 Å². The number of hydrogen-bond acceptors (Lipinski definition) is 4. The number of likely N-dealkylation sites (tertiary alicyclic amines) is 1. The summed E-state index contributed by atoms with van der Waals surface area (Å²) in [5.41, 5.74) is 4.39. The molecule has 2 amide bonds. The summed E-state index contributed by atoms with van der Waals surface area (Å²) in [5, 5.41) is 3.33. The number of nitrogens with one attached hydrogen (secondary N) is 1. The molecule has 122 valence electrons. The Balaban J connectivity index is 2.54. The quantitative estimate of drug-likeness (QED) is 0.808. The molecule has 6 heteroatoms. The van der Waals surface area contributed by atoms with Crippen LogP contribution in [0.4, 0.5) is 4.79 Å². The largest absolute Gasteiger partial charge is 0.444 e. The Morgan fingerprint density at radius 1 is 1.29 bits per heavy atom. The van der Waals surface area contributed by atoms with Crippen molar-refractivity contribution in [3.8, 4) is 0 Å². The van der Waals surface area contributed by atoms with Gasteiger partial charge in [0.2, 0.25) is 5.91 Å². The van der Waals surface area contributed by atoms with Crippen LogP contribution < -0.4 is 11.1 Å². The number of hydrogen-bond donors (Lipinski definition) is 2. The molecule has 0 aromatic carbocycles. The molecule has 0 spiro atoms. The second-order valence-electron chi connectivity index (χ2n) is 7.38. The summed E-state index contributed by atoms with van der Waals surface area (Å²) < 4.78 is 5.43. The summed E-state index contributed by atoms with van der Waals surface area (Å²) in [6.45, 7) is 10.8. The molecule has 3 N–H and O–H groups in total. The van der Waals surface area contributed by atoms with Gasteiger partial charge in [0.15, 0.2) is 0 Å². The van der Waals surface area contributed by atoms with E-state index in [0.717, 1.165) is 19.4 Å². The summed E-state index contributed by atoms with van der Waals surface area (Å²) in [5.74, 6) is -0.331. The third-order valence-electron chi connectivity index (χ3n) is 3.44. The van der Waals surface area contributed by atoms with Crippen LogP contribution in [0.3, 0.4) is 0 Å². The molecule has 1 rings (SSSR count). The van der Waals surface area contributed by atoms with Gasteiger partial charge in [0.05, 0.1) is 0 Å². The van der Waals surface area contributed by atoms with Crippen molar-refractivity contribution in [3.05, 3.63) is 0 Å². The molecule has 1 atom stereocenters. The Morgan fingerprint density at radius 3 is 2.43 bits per heavy atom. The molecule has 1 fully saturated rings. The minimum absolute atomic E-state index is 0.104. The van der Waals surface area contributed by atoms with Crippen molar-refractivity contribution < 1.29 is 14.3 Å². The van der Waals surface area contributed by atoms with E-state index >= 15 is 0 Å². The molecule has 1 aliphatic rings. The van der Waals surface area contributed by atoms with Crippen LogP contribution in [0.15, 0.2) is 0 Å². The van der Waals surface area contributed by atoms with Crippen molar-refractivity contribution in [2.24, 2.45) is 5.73 Å². The monoisotopic (exact) mass is 299 g/mol. The van der Waals surface area contributed by atoms with Crippen molar-refractivity contribution in [2.45, 2.75) is 71.1 Å². The van der Waals surface area contributed by atoms with Gasteiger partial charge in [-0.1, -0.05) is 0 Å². The number of nitrogens with zero attached hydrogens (tertiary/aromatic N) is 1. The van der Waals surface area contributed by atoms with Crippen LogP contribution in [0.1, 0.15) is 53.9 Å². The number of rotatable bonds is 5. The van der Waals surface area contributed by atoms with Crippen LogP contribution in [-0.2, 0) is 9.53 Å². The lowest BCUT2D eigenvalue weighted by molar-refractivity contribution is -0.119. The maximum absolute atomic E-state index is 12.2. The van der Waals surface area contributed by atoms with E-state index in [2.05, 4.69) is 5.32 Å². The summed E-state index contributed by atoms with van der Waals surface area (Å²) in [6, 6.07) is 0.104. The van der Waals surface area contributed by atoms with Crippen molar-refractivity contribution >= 4 is 12.0 Å². The molecule has 1 aliphatic heterocycles. The van der Waals surface area contributed by atoms with E-state index in [9.17, 15) is 9.59 Å². The molecule has 0 aromatic rings. The van der Waals surface area contributed by atoms with E-state index in [1.807, 2.05) is 34.6 Å². The van der Waals surface area contributed by atoms with Crippen molar-refractivity contribution in [1.82, 2.24) is 10.2 Å². The zero-order valence-electron chi connectivity index (χ0n) is 13.9. The summed E-state index contributed by atoms with van der Waals surface area (Å²) >= 11 is 0. The topological polar surface area (TPSA) is 84.7 Å². The first-order chi connectivity index (χ1) is 9.50. The fourth-order valence-corrected chi connectivity index (χ4v) is 2.50. The molecule has 21 heavy (non-hydrogen) atoms. The molecular formula is C15H29N3O3. The van der Waals surface area contributed by atoms with Gasteiger partial charge in [-0.05, 0) is 47.5 Å². The standard InChI is InChI=1S/C15H29N3O3/c1-14(2,3)21-13(20)18-8-6-7-11(18)10-17-15(4,5)9-12(16)19/h11,17H,6-10H2,1-5H3,(H2,16,19). The van der Waals surface area contributed by atoms with E-state index in [0.29, 0.717) is 6.54 Å². The van der Waals surface area contributed by atoms with E-state index in [1.165, 1.54) is 0 Å². The van der Waals surface area contributed by atoms with Gasteiger partial charge in [0.1, 0.15) is 5.60 Å². The van der Waals surface area contributed by atoms with E-state index < -0.39 is 5.60 Å². The van der Waals surface area contributed by atoms with Gasteiger partial charge in [-0.3, -0.25) is 4.79 Å². The molecule has 1 unspecified atom stereocenters. The molecule has 0 radical (unpaired) electrons. The highest BCUT2D eigenvalue weighted by Gasteiger charge is 2.33. The Morgan fingerprint density at radius 2 is 1.90 bits per heavy atom. The smallest absolute Gasteiger partial charge is 0.410 e. The molecule has 0 bridgehead atoms. The average molecular weight is 299 g/mol. The predicted molar refractivity (Wildman–Crippen MR) is 81.9 cm³/mol. The van der Waals surface area contributed by atoms with Gasteiger partial charge in [-0.2, -0.15) is 0 Å². The number of nitrogens with two attached hydrogens (primary N) is 1. The molecule has 1 saturated heterocycles. The maximum atomic E-state index is 12.2. The first-order valence-corrected chi connectivity index (χ1v) is 7.53. The Bertz CT molecular complexity index is 388. The van der Waals surface area contributed by atoms with Crippen LogP contribution in [0, 0.1) is 0 Å². The van der Waals surface area contributed by atoms with Crippen molar-refractivity contribution in [1.29, 1.82) is 0 Å². The Kier molecular flexibility index (Phi) is 5.61. The minimum atomic E-state index is -0.483. The van der Waals surface area contributed by atoms with E-state index in [4.69, 9.17) is 10.5 Å². The van der Waals surface area contributed by atoms with Crippen LogP contribution in [0.5, 0.6) is 0 Å². The highest BCUT2D eigenvalue weighted by atomic mass is 16.6. The average Bonchev–Trinajstić information content (AvgIpc) is 2.70. The molecular weight excluding hydrogens is 270 g/mol. The van der Waals surface area contributed by atoms with Crippen LogP contribution in [0.25, 0.3) is 0 Å². The summed E-state index contributed by atoms with van der Waals surface area (Å²) in [6.07, 6.45) is 1.92. The van der Waals surface area contributed by atoms with Gasteiger partial charge in [0.25, 0.3) is 0 Å². The normalized spacial score (nSPS) is 19.7. The highest BCUT2D eigenvalue weighted by molar-refractivity contribution is 5.75. The second kappa shape index (κ2) is 6.64. The first-order valence-electron chi connectivity index (χ1n) is 7.53. The fraction of sp³-hybridized carbons (Fsp3) is 0.867. The predicted octanol–water partition coefficient (Wildman–Crippen LogP) is 1.63. The number of ether oxygens (including phenoxy) is 1. The Labute approximate surface area is 127 Å². The number of amides is 2. The van der Waals surface area contributed by atoms with Crippen molar-refractivity contribution in [3.63, 3.8) is 0 Å². The van der Waals surface area contributed by atoms with E-state index in [-0.39, 0.29) is 30.0 Å². The lowest BCUT2D eigenvalue weighted by Gasteiger charge is -2.32. The number of primary amides is 1. The molecule has 6 nitrogen and oxygen atoms in total. The highest BCUT2D eigenvalue weighted by Crippen LogP contribution is 2.21. The summed E-state index contributed by atoms with van der Waals surface area (Å²) in [4.78, 5) is 25.0. The zero-order chi connectivity index (χ0) is 16.3. The van der Waals surface area contributed by atoms with Crippen LogP contribution in [-0.4, -0.2) is 47.2 Å². The second-order valence-corrected chi connectivity index (χ2v) is 7.38. The lowest BCUT2D eigenvalue weighted by Crippen LogP contribution is -2.50.